The van der Waals surface area contributed by atoms with Gasteiger partial charge in [-0.1, -0.05) is 0 Å². The summed E-state index contributed by atoms with van der Waals surface area (Å²) < 4.78 is 5.07. The third-order valence-electron chi connectivity index (χ3n) is 1.97. The first-order valence-corrected chi connectivity index (χ1v) is 5.22. The second-order valence-corrected chi connectivity index (χ2v) is 3.57. The quantitative estimate of drug-likeness (QED) is 0.579. The SMILES string of the molecule is CCOCC(O)CN(C)CCCC(=O)O. The molecule has 1 unspecified atom stereocenters. The summed E-state index contributed by atoms with van der Waals surface area (Å²) in [6, 6.07) is 0. The molecule has 0 spiro atoms. The zero-order chi connectivity index (χ0) is 11.7. The molecule has 0 amide bonds. The molecule has 90 valence electrons. The summed E-state index contributed by atoms with van der Waals surface area (Å²) in [6.07, 6.45) is 0.277. The highest BCUT2D eigenvalue weighted by Crippen LogP contribution is 1.95. The van der Waals surface area contributed by atoms with Gasteiger partial charge in [-0.25, -0.2) is 0 Å². The van der Waals surface area contributed by atoms with Gasteiger partial charge in [0.15, 0.2) is 0 Å². The van der Waals surface area contributed by atoms with Gasteiger partial charge in [-0.05, 0) is 26.9 Å². The van der Waals surface area contributed by atoms with Crippen molar-refractivity contribution in [3.63, 3.8) is 0 Å². The van der Waals surface area contributed by atoms with Crippen molar-refractivity contribution in [2.24, 2.45) is 0 Å². The van der Waals surface area contributed by atoms with Crippen LogP contribution in [0, 0.1) is 0 Å². The first-order chi connectivity index (χ1) is 7.06. The van der Waals surface area contributed by atoms with Crippen molar-refractivity contribution < 1.29 is 19.7 Å². The standard InChI is InChI=1S/C10H21NO4/c1-3-15-8-9(12)7-11(2)6-4-5-10(13)14/h9,12H,3-8H2,1-2H3,(H,13,14). The van der Waals surface area contributed by atoms with E-state index >= 15 is 0 Å². The Morgan fingerprint density at radius 3 is 2.73 bits per heavy atom. The predicted octanol–water partition coefficient (Wildman–Crippen LogP) is 0.180. The van der Waals surface area contributed by atoms with Crippen molar-refractivity contribution in [1.82, 2.24) is 4.90 Å². The Kier molecular flexibility index (Phi) is 8.27. The summed E-state index contributed by atoms with van der Waals surface area (Å²) in [5.74, 6) is -0.779. The van der Waals surface area contributed by atoms with Crippen LogP contribution < -0.4 is 0 Å². The molecule has 15 heavy (non-hydrogen) atoms. The third-order valence-corrected chi connectivity index (χ3v) is 1.97. The molecule has 0 aromatic heterocycles. The highest BCUT2D eigenvalue weighted by Gasteiger charge is 2.08. The summed E-state index contributed by atoms with van der Waals surface area (Å²) >= 11 is 0. The maximum absolute atomic E-state index is 10.3. The van der Waals surface area contributed by atoms with E-state index < -0.39 is 12.1 Å². The lowest BCUT2D eigenvalue weighted by atomic mass is 10.3. The minimum Gasteiger partial charge on any atom is -0.481 e. The lowest BCUT2D eigenvalue weighted by Crippen LogP contribution is -2.33. The van der Waals surface area contributed by atoms with Gasteiger partial charge in [0.2, 0.25) is 0 Å². The van der Waals surface area contributed by atoms with E-state index in [2.05, 4.69) is 0 Å². The van der Waals surface area contributed by atoms with Crippen LogP contribution in [0.15, 0.2) is 0 Å². The number of nitrogens with zero attached hydrogens (tertiary/aromatic N) is 1. The number of aliphatic carboxylic acids is 1. The number of hydrogen-bond donors (Lipinski definition) is 2. The number of rotatable bonds is 9. The highest BCUT2D eigenvalue weighted by molar-refractivity contribution is 5.66. The third kappa shape index (κ3) is 9.65. The summed E-state index contributed by atoms with van der Waals surface area (Å²) in [6.45, 7) is 4.00. The molecule has 5 heteroatoms. The lowest BCUT2D eigenvalue weighted by Gasteiger charge is -2.19. The molecule has 0 aromatic carbocycles. The topological polar surface area (TPSA) is 70.0 Å². The molecule has 0 aliphatic rings. The van der Waals surface area contributed by atoms with Crippen LogP contribution in [-0.2, 0) is 9.53 Å². The Morgan fingerprint density at radius 1 is 1.53 bits per heavy atom. The summed E-state index contributed by atoms with van der Waals surface area (Å²) in [5, 5.41) is 17.9. The average Bonchev–Trinajstić information content (AvgIpc) is 2.14. The maximum Gasteiger partial charge on any atom is 0.303 e. The molecule has 2 N–H and O–H groups in total. The van der Waals surface area contributed by atoms with Crippen molar-refractivity contribution in [3.8, 4) is 0 Å². The second kappa shape index (κ2) is 8.64. The van der Waals surface area contributed by atoms with Gasteiger partial charge < -0.3 is 19.8 Å². The van der Waals surface area contributed by atoms with Crippen LogP contribution in [0.4, 0.5) is 0 Å². The van der Waals surface area contributed by atoms with Gasteiger partial charge in [0.1, 0.15) is 0 Å². The van der Waals surface area contributed by atoms with Crippen LogP contribution in [0.1, 0.15) is 19.8 Å². The molecule has 0 saturated carbocycles. The number of carboxylic acid groups (broad SMARTS) is 1. The van der Waals surface area contributed by atoms with E-state index in [-0.39, 0.29) is 6.42 Å². The van der Waals surface area contributed by atoms with Crippen LogP contribution in [0.25, 0.3) is 0 Å². The lowest BCUT2D eigenvalue weighted by molar-refractivity contribution is -0.137. The van der Waals surface area contributed by atoms with Gasteiger partial charge >= 0.3 is 5.97 Å². The molecule has 0 bridgehead atoms. The Labute approximate surface area is 90.6 Å². The molecular formula is C10H21NO4. The molecule has 0 radical (unpaired) electrons. The normalized spacial score (nSPS) is 13.1. The minimum absolute atomic E-state index is 0.173. The number of carbonyl (C=O) groups is 1. The molecule has 1 atom stereocenters. The molecule has 0 heterocycles. The molecular weight excluding hydrogens is 198 g/mol. The number of hydrogen-bond acceptors (Lipinski definition) is 4. The smallest absolute Gasteiger partial charge is 0.303 e. The fourth-order valence-corrected chi connectivity index (χ4v) is 1.26. The Bertz CT molecular complexity index is 175. The Hall–Kier alpha value is -0.650. The minimum atomic E-state index is -0.779. The van der Waals surface area contributed by atoms with E-state index in [4.69, 9.17) is 9.84 Å². The molecule has 0 fully saturated rings. The molecule has 0 aliphatic heterocycles. The second-order valence-electron chi connectivity index (χ2n) is 3.57. The van der Waals surface area contributed by atoms with Crippen molar-refractivity contribution in [1.29, 1.82) is 0 Å². The molecule has 0 aromatic rings. The van der Waals surface area contributed by atoms with Gasteiger partial charge in [0.25, 0.3) is 0 Å². The van der Waals surface area contributed by atoms with Gasteiger partial charge in [-0.3, -0.25) is 4.79 Å². The first-order valence-electron chi connectivity index (χ1n) is 5.22. The summed E-state index contributed by atoms with van der Waals surface area (Å²) in [5.41, 5.74) is 0. The predicted molar refractivity (Wildman–Crippen MR) is 56.9 cm³/mol. The van der Waals surface area contributed by atoms with E-state index in [1.807, 2.05) is 18.9 Å². The van der Waals surface area contributed by atoms with Crippen LogP contribution in [0.5, 0.6) is 0 Å². The number of ether oxygens (including phenoxy) is 1. The first kappa shape index (κ1) is 14.3. The number of aliphatic hydroxyl groups excluding tert-OH is 1. The number of likely N-dealkylation sites (N-methyl/N-ethyl adjacent to an activating group) is 1. The van der Waals surface area contributed by atoms with E-state index in [0.29, 0.717) is 32.7 Å². The monoisotopic (exact) mass is 219 g/mol. The molecule has 0 saturated heterocycles. The van der Waals surface area contributed by atoms with Crippen molar-refractivity contribution in [2.45, 2.75) is 25.9 Å². The number of aliphatic hydroxyl groups is 1. The molecule has 0 rings (SSSR count). The van der Waals surface area contributed by atoms with E-state index in [1.165, 1.54) is 0 Å². The van der Waals surface area contributed by atoms with Crippen molar-refractivity contribution in [3.05, 3.63) is 0 Å². The zero-order valence-corrected chi connectivity index (χ0v) is 9.48. The van der Waals surface area contributed by atoms with Crippen molar-refractivity contribution in [2.75, 3.05) is 33.4 Å². The van der Waals surface area contributed by atoms with Crippen LogP contribution in [0.3, 0.4) is 0 Å². The Morgan fingerprint density at radius 2 is 2.20 bits per heavy atom. The molecule has 5 nitrogen and oxygen atoms in total. The van der Waals surface area contributed by atoms with Crippen molar-refractivity contribution >= 4 is 5.97 Å². The Balaban J connectivity index is 3.46. The van der Waals surface area contributed by atoms with Gasteiger partial charge in [0.05, 0.1) is 12.7 Å². The van der Waals surface area contributed by atoms with Crippen LogP contribution in [-0.4, -0.2) is 60.5 Å². The van der Waals surface area contributed by atoms with E-state index in [0.717, 1.165) is 0 Å². The van der Waals surface area contributed by atoms with E-state index in [9.17, 15) is 9.90 Å². The average molecular weight is 219 g/mol. The maximum atomic E-state index is 10.3. The van der Waals surface area contributed by atoms with Crippen LogP contribution in [0.2, 0.25) is 0 Å². The largest absolute Gasteiger partial charge is 0.481 e. The van der Waals surface area contributed by atoms with Gasteiger partial charge in [-0.15, -0.1) is 0 Å². The highest BCUT2D eigenvalue weighted by atomic mass is 16.5. The van der Waals surface area contributed by atoms with E-state index in [1.54, 1.807) is 0 Å². The fraction of sp³-hybridized carbons (Fsp3) is 0.900. The zero-order valence-electron chi connectivity index (χ0n) is 9.48. The molecule has 0 aliphatic carbocycles. The van der Waals surface area contributed by atoms with Crippen LogP contribution >= 0.6 is 0 Å². The van der Waals surface area contributed by atoms with Gasteiger partial charge in [0, 0.05) is 19.6 Å². The van der Waals surface area contributed by atoms with Gasteiger partial charge in [-0.2, -0.15) is 0 Å². The summed E-state index contributed by atoms with van der Waals surface area (Å²) in [4.78, 5) is 12.2. The summed E-state index contributed by atoms with van der Waals surface area (Å²) in [7, 11) is 1.86. The fourth-order valence-electron chi connectivity index (χ4n) is 1.26. The number of carboxylic acids is 1.